The van der Waals surface area contributed by atoms with Gasteiger partial charge in [0.1, 0.15) is 0 Å². The van der Waals surface area contributed by atoms with Gasteiger partial charge in [0.15, 0.2) is 17.8 Å². The monoisotopic (exact) mass is 197 g/mol. The first-order valence-corrected chi connectivity index (χ1v) is 4.72. The summed E-state index contributed by atoms with van der Waals surface area (Å²) in [5, 5.41) is 0. The Labute approximate surface area is 83.3 Å². The molecule has 0 bridgehead atoms. The van der Waals surface area contributed by atoms with Crippen LogP contribution in [0.2, 0.25) is 0 Å². The van der Waals surface area contributed by atoms with Crippen LogP contribution in [-0.4, -0.2) is 29.6 Å². The zero-order chi connectivity index (χ0) is 10.9. The molecule has 1 aliphatic heterocycles. The van der Waals surface area contributed by atoms with Crippen molar-refractivity contribution in [2.45, 2.75) is 39.8 Å². The van der Waals surface area contributed by atoms with Gasteiger partial charge in [-0.15, -0.1) is 0 Å². The minimum absolute atomic E-state index is 0.0894. The molecule has 4 nitrogen and oxygen atoms in total. The number of nitrogens with zero attached hydrogens (tertiary/aromatic N) is 1. The maximum atomic E-state index is 11.5. The van der Waals surface area contributed by atoms with Crippen molar-refractivity contribution in [1.82, 2.24) is 0 Å². The molecule has 0 saturated carbocycles. The van der Waals surface area contributed by atoms with Crippen molar-refractivity contribution in [2.75, 3.05) is 0 Å². The lowest BCUT2D eigenvalue weighted by Gasteiger charge is -2.05. The van der Waals surface area contributed by atoms with Gasteiger partial charge in [0, 0.05) is 11.8 Å². The van der Waals surface area contributed by atoms with E-state index in [0.717, 1.165) is 0 Å². The third-order valence-electron chi connectivity index (χ3n) is 2.09. The Morgan fingerprint density at radius 3 is 2.36 bits per heavy atom. The van der Waals surface area contributed by atoms with Gasteiger partial charge in [-0.3, -0.25) is 14.6 Å². The van der Waals surface area contributed by atoms with Gasteiger partial charge in [-0.25, -0.2) is 0 Å². The van der Waals surface area contributed by atoms with Crippen LogP contribution in [0.1, 0.15) is 27.7 Å². The quantitative estimate of drug-likeness (QED) is 0.377. The Kier molecular flexibility index (Phi) is 3.03. The highest BCUT2D eigenvalue weighted by Gasteiger charge is 2.42. The maximum Gasteiger partial charge on any atom is 0.323 e. The number of hydrogen-bond donors (Lipinski definition) is 0. The van der Waals surface area contributed by atoms with Crippen molar-refractivity contribution < 1.29 is 14.3 Å². The number of aliphatic imine (C=N–C) groups is 1. The van der Waals surface area contributed by atoms with E-state index in [9.17, 15) is 9.59 Å². The Morgan fingerprint density at radius 2 is 2.00 bits per heavy atom. The first-order chi connectivity index (χ1) is 6.43. The second kappa shape index (κ2) is 3.90. The summed E-state index contributed by atoms with van der Waals surface area (Å²) in [6.07, 6.45) is -0.621. The summed E-state index contributed by atoms with van der Waals surface area (Å²) in [7, 11) is 0. The van der Waals surface area contributed by atoms with E-state index < -0.39 is 18.0 Å². The van der Waals surface area contributed by atoms with Crippen LogP contribution in [0.5, 0.6) is 0 Å². The van der Waals surface area contributed by atoms with Crippen molar-refractivity contribution in [2.24, 2.45) is 10.9 Å². The predicted octanol–water partition coefficient (Wildman–Crippen LogP) is 0.986. The highest BCUT2D eigenvalue weighted by Crippen LogP contribution is 2.19. The predicted molar refractivity (Wildman–Crippen MR) is 52.3 cm³/mol. The number of ether oxygens (including phenoxy) is 1. The van der Waals surface area contributed by atoms with Gasteiger partial charge in [0.05, 0.1) is 0 Å². The molecule has 14 heavy (non-hydrogen) atoms. The lowest BCUT2D eigenvalue weighted by molar-refractivity contribution is -0.142. The molecule has 1 heterocycles. The highest BCUT2D eigenvalue weighted by molar-refractivity contribution is 6.22. The van der Waals surface area contributed by atoms with E-state index in [1.807, 2.05) is 13.8 Å². The summed E-state index contributed by atoms with van der Waals surface area (Å²) in [6, 6.07) is 0.0894. The lowest BCUT2D eigenvalue weighted by atomic mass is 9.99. The molecule has 0 N–H and O–H groups in total. The molecule has 0 aliphatic carbocycles. The van der Waals surface area contributed by atoms with E-state index in [2.05, 4.69) is 4.99 Å². The summed E-state index contributed by atoms with van der Waals surface area (Å²) in [4.78, 5) is 27.0. The van der Waals surface area contributed by atoms with E-state index >= 15 is 0 Å². The zero-order valence-electron chi connectivity index (χ0n) is 8.90. The highest BCUT2D eigenvalue weighted by atomic mass is 16.6. The molecule has 0 spiro atoms. The molecule has 1 aliphatic rings. The number of ketones is 1. The molecule has 1 saturated heterocycles. The Hall–Kier alpha value is -1.19. The summed E-state index contributed by atoms with van der Waals surface area (Å²) >= 11 is 0. The summed E-state index contributed by atoms with van der Waals surface area (Å²) < 4.78 is 4.82. The van der Waals surface area contributed by atoms with Crippen molar-refractivity contribution in [1.29, 1.82) is 0 Å². The summed E-state index contributed by atoms with van der Waals surface area (Å²) in [5.74, 6) is -1.42. The smallest absolute Gasteiger partial charge is 0.323 e. The van der Waals surface area contributed by atoms with Crippen molar-refractivity contribution in [3.05, 3.63) is 0 Å². The van der Waals surface area contributed by atoms with Crippen LogP contribution in [0.25, 0.3) is 0 Å². The fraction of sp³-hybridized carbons (Fsp3) is 0.700. The Morgan fingerprint density at radius 1 is 1.43 bits per heavy atom. The van der Waals surface area contributed by atoms with Crippen LogP contribution in [0.4, 0.5) is 0 Å². The molecule has 0 aromatic carbocycles. The zero-order valence-corrected chi connectivity index (χ0v) is 8.90. The van der Waals surface area contributed by atoms with Crippen LogP contribution >= 0.6 is 0 Å². The molecule has 0 unspecified atom stereocenters. The number of carbonyl (C=O) groups is 2. The second-order valence-electron chi connectivity index (χ2n) is 3.78. The molecule has 78 valence electrons. The SMILES string of the molecule is CC(=NC(C)C)[C@@H]1C(=O)O[C@@H](C)C1=O. The molecule has 1 fully saturated rings. The molecule has 0 aromatic heterocycles. The van der Waals surface area contributed by atoms with Crippen LogP contribution in [0.15, 0.2) is 4.99 Å². The number of Topliss-reactive ketones (excluding diaryl/α,β-unsaturated/α-hetero) is 1. The van der Waals surface area contributed by atoms with Gasteiger partial charge in [-0.2, -0.15) is 0 Å². The molecule has 0 aromatic rings. The van der Waals surface area contributed by atoms with Crippen LogP contribution in [-0.2, 0) is 14.3 Å². The first kappa shape index (κ1) is 10.9. The van der Waals surface area contributed by atoms with E-state index in [-0.39, 0.29) is 11.8 Å². The van der Waals surface area contributed by atoms with Gasteiger partial charge >= 0.3 is 5.97 Å². The van der Waals surface area contributed by atoms with Crippen molar-refractivity contribution in [3.8, 4) is 0 Å². The second-order valence-corrected chi connectivity index (χ2v) is 3.78. The lowest BCUT2D eigenvalue weighted by Crippen LogP contribution is -2.26. The number of hydrogen-bond acceptors (Lipinski definition) is 4. The fourth-order valence-electron chi connectivity index (χ4n) is 1.51. The maximum absolute atomic E-state index is 11.5. The third kappa shape index (κ3) is 2.00. The standard InChI is InChI=1S/C10H15NO3/c1-5(2)11-6(3)8-9(12)7(4)14-10(8)13/h5,7-8H,1-4H3/t7-,8-/m0/s1. The van der Waals surface area contributed by atoms with Crippen LogP contribution in [0, 0.1) is 5.92 Å². The van der Waals surface area contributed by atoms with Gasteiger partial charge in [0.25, 0.3) is 0 Å². The number of carbonyl (C=O) groups excluding carboxylic acids is 2. The van der Waals surface area contributed by atoms with E-state index in [4.69, 9.17) is 4.74 Å². The minimum atomic E-state index is -0.771. The molecule has 2 atom stereocenters. The average molecular weight is 197 g/mol. The van der Waals surface area contributed by atoms with Gasteiger partial charge in [-0.05, 0) is 27.7 Å². The molecule has 0 amide bonds. The fourth-order valence-corrected chi connectivity index (χ4v) is 1.51. The third-order valence-corrected chi connectivity index (χ3v) is 2.09. The average Bonchev–Trinajstić information content (AvgIpc) is 2.25. The first-order valence-electron chi connectivity index (χ1n) is 4.72. The van der Waals surface area contributed by atoms with Crippen molar-refractivity contribution >= 4 is 17.5 Å². The van der Waals surface area contributed by atoms with E-state index in [0.29, 0.717) is 5.71 Å². The minimum Gasteiger partial charge on any atom is -0.454 e. The molecular weight excluding hydrogens is 182 g/mol. The Bertz CT molecular complexity index is 294. The largest absolute Gasteiger partial charge is 0.454 e. The molecule has 0 radical (unpaired) electrons. The summed E-state index contributed by atoms with van der Waals surface area (Å²) in [5.41, 5.74) is 0.555. The molecular formula is C10H15NO3. The normalized spacial score (nSPS) is 28.5. The van der Waals surface area contributed by atoms with E-state index in [1.165, 1.54) is 0 Å². The van der Waals surface area contributed by atoms with E-state index in [1.54, 1.807) is 13.8 Å². The Balaban J connectivity index is 2.88. The van der Waals surface area contributed by atoms with Crippen molar-refractivity contribution in [3.63, 3.8) is 0 Å². The van der Waals surface area contributed by atoms with Crippen LogP contribution in [0.3, 0.4) is 0 Å². The van der Waals surface area contributed by atoms with Gasteiger partial charge < -0.3 is 4.74 Å². The van der Waals surface area contributed by atoms with Gasteiger partial charge in [-0.1, -0.05) is 0 Å². The topological polar surface area (TPSA) is 55.7 Å². The number of rotatable bonds is 2. The summed E-state index contributed by atoms with van der Waals surface area (Å²) in [6.45, 7) is 7.08. The molecule has 1 rings (SSSR count). The number of cyclic esters (lactones) is 1. The van der Waals surface area contributed by atoms with Gasteiger partial charge in [0.2, 0.25) is 0 Å². The van der Waals surface area contributed by atoms with Crippen LogP contribution < -0.4 is 0 Å². The number of esters is 1. The molecule has 4 heteroatoms.